The number of imidazole rings is 1. The van der Waals surface area contributed by atoms with E-state index in [1.54, 1.807) is 6.33 Å². The van der Waals surface area contributed by atoms with Crippen LogP contribution in [0.15, 0.2) is 24.5 Å². The van der Waals surface area contributed by atoms with E-state index in [9.17, 15) is 4.79 Å². The van der Waals surface area contributed by atoms with Gasteiger partial charge < -0.3 is 9.47 Å². The maximum atomic E-state index is 12.9. The molecule has 2 aliphatic carbocycles. The number of nitrogens with zero attached hydrogens (tertiary/aromatic N) is 3. The largest absolute Gasteiger partial charge is 0.334 e. The van der Waals surface area contributed by atoms with E-state index in [0.29, 0.717) is 18.0 Å². The second-order valence-corrected chi connectivity index (χ2v) is 6.58. The van der Waals surface area contributed by atoms with Crippen LogP contribution in [-0.2, 0) is 7.05 Å². The number of aryl methyl sites for hydroxylation is 1. The molecule has 4 heteroatoms. The van der Waals surface area contributed by atoms with Crippen molar-refractivity contribution in [1.82, 2.24) is 14.5 Å². The Labute approximate surface area is 124 Å². The number of hydrogen-bond acceptors (Lipinski definition) is 2. The van der Waals surface area contributed by atoms with Crippen LogP contribution in [0.1, 0.15) is 43.0 Å². The number of hydrogen-bond donors (Lipinski definition) is 0. The first-order chi connectivity index (χ1) is 10.1. The summed E-state index contributed by atoms with van der Waals surface area (Å²) < 4.78 is 1.98. The lowest BCUT2D eigenvalue weighted by atomic mass is 10.1. The van der Waals surface area contributed by atoms with Crippen molar-refractivity contribution in [2.24, 2.45) is 13.0 Å². The van der Waals surface area contributed by atoms with Crippen molar-refractivity contribution < 1.29 is 4.79 Å². The lowest BCUT2D eigenvalue weighted by Gasteiger charge is -2.29. The molecule has 1 atom stereocenters. The maximum Gasteiger partial charge on any atom is 0.254 e. The van der Waals surface area contributed by atoms with Crippen LogP contribution in [-0.4, -0.2) is 32.4 Å². The molecule has 0 saturated heterocycles. The summed E-state index contributed by atoms with van der Waals surface area (Å²) in [5, 5.41) is 0. The quantitative estimate of drug-likeness (QED) is 0.865. The van der Waals surface area contributed by atoms with Gasteiger partial charge in [-0.2, -0.15) is 0 Å². The fourth-order valence-electron chi connectivity index (χ4n) is 3.26. The molecular formula is C17H21N3O. The molecule has 0 aliphatic heterocycles. The van der Waals surface area contributed by atoms with E-state index in [4.69, 9.17) is 0 Å². The van der Waals surface area contributed by atoms with Crippen LogP contribution in [0.25, 0.3) is 11.0 Å². The molecule has 4 nitrogen and oxygen atoms in total. The molecule has 1 amide bonds. The van der Waals surface area contributed by atoms with E-state index in [0.717, 1.165) is 29.4 Å². The Kier molecular flexibility index (Phi) is 2.81. The SMILES string of the molecule is CC(C1CC1)N(C(=O)c1ccc2c(c1)ncn2C)C1CC1. The summed E-state index contributed by atoms with van der Waals surface area (Å²) in [4.78, 5) is 19.4. The van der Waals surface area contributed by atoms with Crippen molar-refractivity contribution in [3.05, 3.63) is 30.1 Å². The summed E-state index contributed by atoms with van der Waals surface area (Å²) in [5.41, 5.74) is 2.75. The number of carbonyl (C=O) groups excluding carboxylic acids is 1. The molecule has 2 fully saturated rings. The number of carbonyl (C=O) groups is 1. The first-order valence-corrected chi connectivity index (χ1v) is 7.89. The van der Waals surface area contributed by atoms with E-state index < -0.39 is 0 Å². The van der Waals surface area contributed by atoms with Crippen molar-refractivity contribution in [1.29, 1.82) is 0 Å². The summed E-state index contributed by atoms with van der Waals surface area (Å²) >= 11 is 0. The van der Waals surface area contributed by atoms with Crippen LogP contribution in [0.5, 0.6) is 0 Å². The van der Waals surface area contributed by atoms with Crippen LogP contribution < -0.4 is 0 Å². The molecule has 1 unspecified atom stereocenters. The molecule has 2 aliphatic rings. The average Bonchev–Trinajstić information content (AvgIpc) is 3.37. The maximum absolute atomic E-state index is 12.9. The van der Waals surface area contributed by atoms with E-state index in [2.05, 4.69) is 16.8 Å². The van der Waals surface area contributed by atoms with Crippen LogP contribution in [0, 0.1) is 5.92 Å². The fraction of sp³-hybridized carbons (Fsp3) is 0.529. The van der Waals surface area contributed by atoms with Gasteiger partial charge in [-0.15, -0.1) is 0 Å². The van der Waals surface area contributed by atoms with Crippen LogP contribution in [0.3, 0.4) is 0 Å². The van der Waals surface area contributed by atoms with Crippen molar-refractivity contribution in [2.75, 3.05) is 0 Å². The Morgan fingerprint density at radius 2 is 2.10 bits per heavy atom. The highest BCUT2D eigenvalue weighted by Gasteiger charge is 2.41. The van der Waals surface area contributed by atoms with Gasteiger partial charge in [0.15, 0.2) is 0 Å². The van der Waals surface area contributed by atoms with Crippen LogP contribution in [0.4, 0.5) is 0 Å². The van der Waals surface area contributed by atoms with Gasteiger partial charge >= 0.3 is 0 Å². The van der Waals surface area contributed by atoms with E-state index in [1.165, 1.54) is 12.8 Å². The minimum absolute atomic E-state index is 0.185. The molecule has 21 heavy (non-hydrogen) atoms. The van der Waals surface area contributed by atoms with Gasteiger partial charge in [0.2, 0.25) is 0 Å². The molecule has 1 aromatic carbocycles. The molecule has 1 aromatic heterocycles. The van der Waals surface area contributed by atoms with Gasteiger partial charge in [-0.1, -0.05) is 0 Å². The van der Waals surface area contributed by atoms with Gasteiger partial charge in [0.05, 0.1) is 17.4 Å². The summed E-state index contributed by atoms with van der Waals surface area (Å²) in [6.07, 6.45) is 6.67. The van der Waals surface area contributed by atoms with E-state index in [1.807, 2.05) is 29.8 Å². The van der Waals surface area contributed by atoms with Gasteiger partial charge in [-0.25, -0.2) is 4.98 Å². The average molecular weight is 283 g/mol. The van der Waals surface area contributed by atoms with Crippen molar-refractivity contribution in [2.45, 2.75) is 44.7 Å². The number of amides is 1. The first-order valence-electron chi connectivity index (χ1n) is 7.89. The highest BCUT2D eigenvalue weighted by Crippen LogP contribution is 2.40. The van der Waals surface area contributed by atoms with Crippen molar-refractivity contribution in [3.8, 4) is 0 Å². The lowest BCUT2D eigenvalue weighted by molar-refractivity contribution is 0.0654. The van der Waals surface area contributed by atoms with Crippen molar-refractivity contribution in [3.63, 3.8) is 0 Å². The van der Waals surface area contributed by atoms with Gasteiger partial charge in [-0.05, 0) is 56.7 Å². The van der Waals surface area contributed by atoms with Gasteiger partial charge in [-0.3, -0.25) is 4.79 Å². The Balaban J connectivity index is 1.66. The molecule has 0 radical (unpaired) electrons. The first kappa shape index (κ1) is 12.9. The number of benzene rings is 1. The normalized spacial score (nSPS) is 19.7. The predicted octanol–water partition coefficient (Wildman–Crippen LogP) is 2.98. The Hall–Kier alpha value is -1.84. The Bertz CT molecular complexity index is 697. The topological polar surface area (TPSA) is 38.1 Å². The monoisotopic (exact) mass is 283 g/mol. The van der Waals surface area contributed by atoms with Gasteiger partial charge in [0, 0.05) is 24.7 Å². The minimum Gasteiger partial charge on any atom is -0.334 e. The summed E-state index contributed by atoms with van der Waals surface area (Å²) in [6, 6.07) is 6.73. The third kappa shape index (κ3) is 2.23. The highest BCUT2D eigenvalue weighted by molar-refractivity contribution is 5.98. The standard InChI is InChI=1S/C17H21N3O/c1-11(12-3-4-12)20(14-6-7-14)17(21)13-5-8-16-15(9-13)18-10-19(16)2/h5,8-12,14H,3-4,6-7H2,1-2H3. The number of aromatic nitrogens is 2. The summed E-state index contributed by atoms with van der Waals surface area (Å²) in [7, 11) is 1.97. The minimum atomic E-state index is 0.185. The van der Waals surface area contributed by atoms with Gasteiger partial charge in [0.1, 0.15) is 0 Å². The van der Waals surface area contributed by atoms with Crippen LogP contribution in [0.2, 0.25) is 0 Å². The summed E-state index contributed by atoms with van der Waals surface area (Å²) in [6.45, 7) is 2.22. The molecule has 110 valence electrons. The predicted molar refractivity (Wildman–Crippen MR) is 82.1 cm³/mol. The summed E-state index contributed by atoms with van der Waals surface area (Å²) in [5.74, 6) is 0.901. The third-order valence-corrected chi connectivity index (χ3v) is 4.89. The third-order valence-electron chi connectivity index (χ3n) is 4.89. The van der Waals surface area contributed by atoms with E-state index in [-0.39, 0.29) is 5.91 Å². The highest BCUT2D eigenvalue weighted by atomic mass is 16.2. The number of fused-ring (bicyclic) bond motifs is 1. The zero-order valence-electron chi connectivity index (χ0n) is 12.6. The molecule has 0 spiro atoms. The molecule has 2 aromatic rings. The zero-order chi connectivity index (χ0) is 14.6. The Morgan fingerprint density at radius 3 is 2.76 bits per heavy atom. The molecular weight excluding hydrogens is 262 g/mol. The Morgan fingerprint density at radius 1 is 1.33 bits per heavy atom. The fourth-order valence-corrected chi connectivity index (χ4v) is 3.26. The second kappa shape index (κ2) is 4.58. The lowest BCUT2D eigenvalue weighted by Crippen LogP contribution is -2.41. The zero-order valence-corrected chi connectivity index (χ0v) is 12.6. The van der Waals surface area contributed by atoms with E-state index >= 15 is 0 Å². The molecule has 1 heterocycles. The van der Waals surface area contributed by atoms with Crippen molar-refractivity contribution >= 4 is 16.9 Å². The molecule has 0 bridgehead atoms. The molecule has 0 N–H and O–H groups in total. The smallest absolute Gasteiger partial charge is 0.254 e. The molecule has 2 saturated carbocycles. The van der Waals surface area contributed by atoms with Gasteiger partial charge in [0.25, 0.3) is 5.91 Å². The molecule has 4 rings (SSSR count). The number of rotatable bonds is 4. The second-order valence-electron chi connectivity index (χ2n) is 6.58. The van der Waals surface area contributed by atoms with Crippen LogP contribution >= 0.6 is 0 Å².